The number of ketones is 1. The molecule has 0 aliphatic carbocycles. The van der Waals surface area contributed by atoms with Gasteiger partial charge in [-0.3, -0.25) is 0 Å². The van der Waals surface area contributed by atoms with E-state index in [0.29, 0.717) is 13.0 Å². The van der Waals surface area contributed by atoms with E-state index in [-0.39, 0.29) is 5.78 Å². The summed E-state index contributed by atoms with van der Waals surface area (Å²) in [6, 6.07) is 14.4. The van der Waals surface area contributed by atoms with Crippen molar-refractivity contribution in [2.75, 3.05) is 0 Å². The molecule has 2 rings (SSSR count). The van der Waals surface area contributed by atoms with Crippen LogP contribution in [-0.2, 0) is 17.8 Å². The van der Waals surface area contributed by atoms with Crippen molar-refractivity contribution in [1.29, 1.82) is 0 Å². The summed E-state index contributed by atoms with van der Waals surface area (Å²) in [4.78, 5) is 11.0. The molecule has 0 saturated heterocycles. The van der Waals surface area contributed by atoms with Crippen molar-refractivity contribution in [2.45, 2.75) is 40.2 Å². The van der Waals surface area contributed by atoms with Crippen LogP contribution in [0, 0.1) is 13.8 Å². The maximum atomic E-state index is 11.0. The Morgan fingerprint density at radius 3 is 2.14 bits per heavy atom. The third kappa shape index (κ3) is 5.07. The van der Waals surface area contributed by atoms with Gasteiger partial charge in [-0.15, -0.1) is 0 Å². The molecule has 110 valence electrons. The van der Waals surface area contributed by atoms with E-state index in [0.717, 1.165) is 12.2 Å². The van der Waals surface area contributed by atoms with Crippen molar-refractivity contribution in [2.24, 2.45) is 0 Å². The molecule has 0 aromatic heterocycles. The average Bonchev–Trinajstić information content (AvgIpc) is 2.43. The molecule has 0 radical (unpaired) electrons. The van der Waals surface area contributed by atoms with E-state index >= 15 is 0 Å². The van der Waals surface area contributed by atoms with E-state index in [1.165, 1.54) is 22.3 Å². The number of carbonyl (C=O) groups excluding carboxylic acids is 1. The Kier molecular flexibility index (Phi) is 5.15. The van der Waals surface area contributed by atoms with Gasteiger partial charge in [0.25, 0.3) is 0 Å². The molecule has 0 N–H and O–H groups in total. The Morgan fingerprint density at radius 2 is 1.57 bits per heavy atom. The SMILES string of the molecule is CC(=O)CCc1ccc(OCc2cc(C)cc(C)c2)cc1. The monoisotopic (exact) mass is 282 g/mol. The van der Waals surface area contributed by atoms with E-state index in [4.69, 9.17) is 4.74 Å². The smallest absolute Gasteiger partial charge is 0.130 e. The van der Waals surface area contributed by atoms with Crippen molar-refractivity contribution in [3.8, 4) is 5.75 Å². The zero-order chi connectivity index (χ0) is 15.2. The van der Waals surface area contributed by atoms with Gasteiger partial charge in [0.2, 0.25) is 0 Å². The maximum Gasteiger partial charge on any atom is 0.130 e. The van der Waals surface area contributed by atoms with Crippen LogP contribution < -0.4 is 4.74 Å². The maximum absolute atomic E-state index is 11.0. The number of rotatable bonds is 6. The Morgan fingerprint density at radius 1 is 0.952 bits per heavy atom. The molecule has 2 heteroatoms. The molecular formula is C19H22O2. The summed E-state index contributed by atoms with van der Waals surface area (Å²) >= 11 is 0. The molecule has 0 amide bonds. The highest BCUT2D eigenvalue weighted by molar-refractivity contribution is 5.75. The predicted molar refractivity (Wildman–Crippen MR) is 85.7 cm³/mol. The van der Waals surface area contributed by atoms with E-state index in [9.17, 15) is 4.79 Å². The number of benzene rings is 2. The van der Waals surface area contributed by atoms with Crippen LogP contribution >= 0.6 is 0 Å². The lowest BCUT2D eigenvalue weighted by atomic mass is 10.1. The predicted octanol–water partition coefficient (Wildman–Crippen LogP) is 4.40. The molecule has 0 aliphatic rings. The molecule has 0 heterocycles. The normalized spacial score (nSPS) is 10.4. The van der Waals surface area contributed by atoms with Crippen LogP contribution in [0.2, 0.25) is 0 Å². The van der Waals surface area contributed by atoms with Crippen LogP contribution in [0.4, 0.5) is 0 Å². The van der Waals surface area contributed by atoms with Crippen molar-refractivity contribution < 1.29 is 9.53 Å². The standard InChI is InChI=1S/C19H22O2/c1-14-10-15(2)12-18(11-14)13-21-19-8-6-17(7-9-19)5-4-16(3)20/h6-12H,4-5,13H2,1-3H3. The minimum Gasteiger partial charge on any atom is -0.489 e. The Balaban J connectivity index is 1.92. The van der Waals surface area contributed by atoms with Crippen LogP contribution in [0.15, 0.2) is 42.5 Å². The Labute approximate surface area is 126 Å². The summed E-state index contributed by atoms with van der Waals surface area (Å²) < 4.78 is 5.82. The summed E-state index contributed by atoms with van der Waals surface area (Å²) in [5, 5.41) is 0. The van der Waals surface area contributed by atoms with E-state index < -0.39 is 0 Å². The Hall–Kier alpha value is -2.09. The number of ether oxygens (including phenoxy) is 1. The first-order chi connectivity index (χ1) is 10.0. The van der Waals surface area contributed by atoms with Crippen LogP contribution in [-0.4, -0.2) is 5.78 Å². The zero-order valence-corrected chi connectivity index (χ0v) is 13.0. The first-order valence-electron chi connectivity index (χ1n) is 7.31. The van der Waals surface area contributed by atoms with Crippen molar-refractivity contribution in [3.63, 3.8) is 0 Å². The molecule has 0 aliphatic heterocycles. The van der Waals surface area contributed by atoms with Crippen molar-refractivity contribution >= 4 is 5.78 Å². The largest absolute Gasteiger partial charge is 0.489 e. The number of hydrogen-bond donors (Lipinski definition) is 0. The second-order valence-corrected chi connectivity index (χ2v) is 5.63. The fraction of sp³-hybridized carbons (Fsp3) is 0.316. The molecule has 2 aromatic carbocycles. The molecule has 0 bridgehead atoms. The minimum atomic E-state index is 0.227. The highest BCUT2D eigenvalue weighted by Gasteiger charge is 2.00. The minimum absolute atomic E-state index is 0.227. The molecule has 0 unspecified atom stereocenters. The first kappa shape index (κ1) is 15.3. The lowest BCUT2D eigenvalue weighted by Gasteiger charge is -2.09. The number of Topliss-reactive ketones (excluding diaryl/α,β-unsaturated/α-hetero) is 1. The van der Waals surface area contributed by atoms with Crippen LogP contribution in [0.25, 0.3) is 0 Å². The average molecular weight is 282 g/mol. The summed E-state index contributed by atoms with van der Waals surface area (Å²) in [7, 11) is 0. The van der Waals surface area contributed by atoms with Crippen LogP contribution in [0.1, 0.15) is 35.6 Å². The topological polar surface area (TPSA) is 26.3 Å². The van der Waals surface area contributed by atoms with Gasteiger partial charge in [0.1, 0.15) is 18.1 Å². The first-order valence-corrected chi connectivity index (χ1v) is 7.31. The highest BCUT2D eigenvalue weighted by Crippen LogP contribution is 2.16. The molecular weight excluding hydrogens is 260 g/mol. The third-order valence-corrected chi connectivity index (χ3v) is 3.38. The fourth-order valence-corrected chi connectivity index (χ4v) is 2.39. The lowest BCUT2D eigenvalue weighted by Crippen LogP contribution is -1.97. The molecule has 0 atom stereocenters. The molecule has 21 heavy (non-hydrogen) atoms. The van der Waals surface area contributed by atoms with Gasteiger partial charge in [0.05, 0.1) is 0 Å². The molecule has 0 spiro atoms. The van der Waals surface area contributed by atoms with Gasteiger partial charge in [-0.05, 0) is 50.5 Å². The zero-order valence-electron chi connectivity index (χ0n) is 13.0. The summed E-state index contributed by atoms with van der Waals surface area (Å²) in [6.45, 7) is 6.40. The summed E-state index contributed by atoms with van der Waals surface area (Å²) in [6.07, 6.45) is 1.40. The van der Waals surface area contributed by atoms with E-state index in [2.05, 4.69) is 32.0 Å². The van der Waals surface area contributed by atoms with Gasteiger partial charge < -0.3 is 9.53 Å². The molecule has 2 aromatic rings. The number of hydrogen-bond acceptors (Lipinski definition) is 2. The Bertz CT molecular complexity index is 592. The molecule has 0 saturated carbocycles. The lowest BCUT2D eigenvalue weighted by molar-refractivity contribution is -0.116. The van der Waals surface area contributed by atoms with Crippen molar-refractivity contribution in [1.82, 2.24) is 0 Å². The fourth-order valence-electron chi connectivity index (χ4n) is 2.39. The third-order valence-electron chi connectivity index (χ3n) is 3.38. The number of carbonyl (C=O) groups is 1. The second-order valence-electron chi connectivity index (χ2n) is 5.63. The summed E-state index contributed by atoms with van der Waals surface area (Å²) in [5.74, 6) is 1.09. The van der Waals surface area contributed by atoms with Crippen LogP contribution in [0.5, 0.6) is 5.75 Å². The van der Waals surface area contributed by atoms with Crippen LogP contribution in [0.3, 0.4) is 0 Å². The second kappa shape index (κ2) is 7.07. The van der Waals surface area contributed by atoms with Gasteiger partial charge in [-0.2, -0.15) is 0 Å². The van der Waals surface area contributed by atoms with Gasteiger partial charge >= 0.3 is 0 Å². The van der Waals surface area contributed by atoms with Crippen molar-refractivity contribution in [3.05, 3.63) is 64.7 Å². The van der Waals surface area contributed by atoms with E-state index in [1.54, 1.807) is 6.92 Å². The van der Waals surface area contributed by atoms with Gasteiger partial charge in [0, 0.05) is 6.42 Å². The van der Waals surface area contributed by atoms with E-state index in [1.807, 2.05) is 24.3 Å². The van der Waals surface area contributed by atoms with Gasteiger partial charge in [-0.25, -0.2) is 0 Å². The van der Waals surface area contributed by atoms with Gasteiger partial charge in [-0.1, -0.05) is 41.5 Å². The highest BCUT2D eigenvalue weighted by atomic mass is 16.5. The molecule has 0 fully saturated rings. The quantitative estimate of drug-likeness (QED) is 0.784. The number of aryl methyl sites for hydroxylation is 3. The molecule has 2 nitrogen and oxygen atoms in total. The van der Waals surface area contributed by atoms with Gasteiger partial charge in [0.15, 0.2) is 0 Å². The summed E-state index contributed by atoms with van der Waals surface area (Å²) in [5.41, 5.74) is 4.87.